The molecule has 0 aromatic carbocycles. The van der Waals surface area contributed by atoms with Crippen molar-refractivity contribution in [2.75, 3.05) is 19.6 Å². The summed E-state index contributed by atoms with van der Waals surface area (Å²) in [6.07, 6.45) is 9.45. The summed E-state index contributed by atoms with van der Waals surface area (Å²) in [5.74, 6) is 1.15. The summed E-state index contributed by atoms with van der Waals surface area (Å²) in [4.78, 5) is 26.2. The fraction of sp³-hybridized carbons (Fsp3) is 0.611. The Bertz CT molecular complexity index is 637. The quantitative estimate of drug-likeness (QED) is 0.836. The molecule has 1 saturated carbocycles. The molecule has 2 amide bonds. The van der Waals surface area contributed by atoms with Gasteiger partial charge in [0.15, 0.2) is 0 Å². The second-order valence-electron chi connectivity index (χ2n) is 7.04. The number of allylic oxidation sites excluding steroid dienone is 1. The number of amides is 2. The second kappa shape index (κ2) is 7.20. The van der Waals surface area contributed by atoms with Crippen LogP contribution in [0.4, 0.5) is 0 Å². The van der Waals surface area contributed by atoms with E-state index in [0.29, 0.717) is 23.9 Å². The highest BCUT2D eigenvalue weighted by Crippen LogP contribution is 2.36. The standard InChI is InChI=1S/C18H26N4O2/c1-13(15-3-4-15)9-17(23)22-7-5-14(6-8-22)10-19-18(24)16-11-20-21(2)12-16/h9,11-12,14-15H,3-8,10H2,1-2H3,(H,19,24)/b13-9+. The number of hydrogen-bond acceptors (Lipinski definition) is 3. The zero-order chi connectivity index (χ0) is 17.1. The molecule has 24 heavy (non-hydrogen) atoms. The molecule has 2 aliphatic rings. The lowest BCUT2D eigenvalue weighted by molar-refractivity contribution is -0.127. The predicted molar refractivity (Wildman–Crippen MR) is 91.3 cm³/mol. The molecule has 0 bridgehead atoms. The summed E-state index contributed by atoms with van der Waals surface area (Å²) >= 11 is 0. The summed E-state index contributed by atoms with van der Waals surface area (Å²) in [6, 6.07) is 0. The third-order valence-corrected chi connectivity index (χ3v) is 5.02. The first-order chi connectivity index (χ1) is 11.5. The van der Waals surface area contributed by atoms with Gasteiger partial charge in [-0.2, -0.15) is 5.10 Å². The topological polar surface area (TPSA) is 67.2 Å². The monoisotopic (exact) mass is 330 g/mol. The van der Waals surface area contributed by atoms with Gasteiger partial charge in [0.05, 0.1) is 11.8 Å². The van der Waals surface area contributed by atoms with Gasteiger partial charge in [-0.3, -0.25) is 14.3 Å². The molecule has 0 radical (unpaired) electrons. The van der Waals surface area contributed by atoms with Crippen molar-refractivity contribution in [2.24, 2.45) is 18.9 Å². The highest BCUT2D eigenvalue weighted by molar-refractivity contribution is 5.93. The zero-order valence-electron chi connectivity index (χ0n) is 14.5. The average Bonchev–Trinajstić information content (AvgIpc) is 3.34. The van der Waals surface area contributed by atoms with Gasteiger partial charge < -0.3 is 10.2 Å². The molecule has 1 aliphatic heterocycles. The molecule has 6 nitrogen and oxygen atoms in total. The van der Waals surface area contributed by atoms with Gasteiger partial charge in [-0.15, -0.1) is 0 Å². The van der Waals surface area contributed by atoms with Crippen molar-refractivity contribution in [1.29, 1.82) is 0 Å². The molecule has 1 aliphatic carbocycles. The molecule has 0 spiro atoms. The number of aryl methyl sites for hydroxylation is 1. The average molecular weight is 330 g/mol. The fourth-order valence-corrected chi connectivity index (χ4v) is 3.18. The van der Waals surface area contributed by atoms with Crippen molar-refractivity contribution in [2.45, 2.75) is 32.6 Å². The van der Waals surface area contributed by atoms with E-state index in [4.69, 9.17) is 0 Å². The molecule has 1 aromatic heterocycles. The Morgan fingerprint density at radius 2 is 2.00 bits per heavy atom. The van der Waals surface area contributed by atoms with Gasteiger partial charge >= 0.3 is 0 Å². The van der Waals surface area contributed by atoms with Crippen LogP contribution in [0.25, 0.3) is 0 Å². The van der Waals surface area contributed by atoms with Crippen molar-refractivity contribution in [3.05, 3.63) is 29.6 Å². The van der Waals surface area contributed by atoms with Gasteiger partial charge in [-0.05, 0) is 44.4 Å². The number of nitrogens with one attached hydrogen (secondary N) is 1. The van der Waals surface area contributed by atoms with Gasteiger partial charge in [0, 0.05) is 39.0 Å². The number of nitrogens with zero attached hydrogens (tertiary/aromatic N) is 3. The molecule has 6 heteroatoms. The fourth-order valence-electron chi connectivity index (χ4n) is 3.18. The lowest BCUT2D eigenvalue weighted by Gasteiger charge is -2.31. The molecule has 3 rings (SSSR count). The summed E-state index contributed by atoms with van der Waals surface area (Å²) in [6.45, 7) is 4.28. The Morgan fingerprint density at radius 3 is 2.58 bits per heavy atom. The van der Waals surface area contributed by atoms with Crippen molar-refractivity contribution < 1.29 is 9.59 Å². The number of hydrogen-bond donors (Lipinski definition) is 1. The van der Waals surface area contributed by atoms with E-state index in [9.17, 15) is 9.59 Å². The summed E-state index contributed by atoms with van der Waals surface area (Å²) < 4.78 is 1.62. The Morgan fingerprint density at radius 1 is 1.29 bits per heavy atom. The van der Waals surface area contributed by atoms with Gasteiger partial charge in [0.2, 0.25) is 5.91 Å². The zero-order valence-corrected chi connectivity index (χ0v) is 14.5. The first kappa shape index (κ1) is 16.7. The minimum Gasteiger partial charge on any atom is -0.352 e. The van der Waals surface area contributed by atoms with E-state index in [0.717, 1.165) is 25.9 Å². The Labute approximate surface area is 142 Å². The number of likely N-dealkylation sites (tertiary alicyclic amines) is 1. The molecule has 1 aromatic rings. The lowest BCUT2D eigenvalue weighted by atomic mass is 9.96. The number of carbonyl (C=O) groups is 2. The van der Waals surface area contributed by atoms with Crippen LogP contribution >= 0.6 is 0 Å². The Kier molecular flexibility index (Phi) is 5.02. The molecule has 1 N–H and O–H groups in total. The molecular formula is C18H26N4O2. The highest BCUT2D eigenvalue weighted by Gasteiger charge is 2.26. The maximum Gasteiger partial charge on any atom is 0.254 e. The van der Waals surface area contributed by atoms with Crippen LogP contribution in [0.1, 0.15) is 43.0 Å². The van der Waals surface area contributed by atoms with Crippen molar-refractivity contribution in [3.63, 3.8) is 0 Å². The highest BCUT2D eigenvalue weighted by atomic mass is 16.2. The normalized spacial score (nSPS) is 19.4. The lowest BCUT2D eigenvalue weighted by Crippen LogP contribution is -2.41. The second-order valence-corrected chi connectivity index (χ2v) is 7.04. The van der Waals surface area contributed by atoms with Crippen LogP contribution in [-0.2, 0) is 11.8 Å². The minimum atomic E-state index is -0.0791. The van der Waals surface area contributed by atoms with Gasteiger partial charge in [0.1, 0.15) is 0 Å². The van der Waals surface area contributed by atoms with Crippen LogP contribution in [0.15, 0.2) is 24.0 Å². The predicted octanol–water partition coefficient (Wildman–Crippen LogP) is 1.74. The number of piperidine rings is 1. The molecule has 2 fully saturated rings. The maximum absolute atomic E-state index is 12.3. The summed E-state index contributed by atoms with van der Waals surface area (Å²) in [5, 5.41) is 6.98. The third kappa shape index (κ3) is 4.24. The van der Waals surface area contributed by atoms with E-state index >= 15 is 0 Å². The van der Waals surface area contributed by atoms with Crippen molar-refractivity contribution in [3.8, 4) is 0 Å². The van der Waals surface area contributed by atoms with E-state index < -0.39 is 0 Å². The van der Waals surface area contributed by atoms with E-state index in [1.165, 1.54) is 18.4 Å². The molecular weight excluding hydrogens is 304 g/mol. The molecule has 0 atom stereocenters. The Balaban J connectivity index is 1.41. The van der Waals surface area contributed by atoms with E-state index in [-0.39, 0.29) is 11.8 Å². The number of aromatic nitrogens is 2. The first-order valence-electron chi connectivity index (χ1n) is 8.77. The third-order valence-electron chi connectivity index (χ3n) is 5.02. The van der Waals surface area contributed by atoms with Crippen LogP contribution in [0.5, 0.6) is 0 Å². The van der Waals surface area contributed by atoms with Gasteiger partial charge in [-0.1, -0.05) is 5.57 Å². The van der Waals surface area contributed by atoms with Gasteiger partial charge in [-0.25, -0.2) is 0 Å². The molecule has 0 unspecified atom stereocenters. The molecule has 2 heterocycles. The largest absolute Gasteiger partial charge is 0.352 e. The Hall–Kier alpha value is -2.11. The van der Waals surface area contributed by atoms with Crippen LogP contribution in [0.3, 0.4) is 0 Å². The minimum absolute atomic E-state index is 0.0791. The van der Waals surface area contributed by atoms with Crippen LogP contribution < -0.4 is 5.32 Å². The smallest absolute Gasteiger partial charge is 0.254 e. The van der Waals surface area contributed by atoms with E-state index in [2.05, 4.69) is 17.3 Å². The SMILES string of the molecule is C/C(=C\C(=O)N1CCC(CNC(=O)c2cnn(C)c2)CC1)C1CC1. The summed E-state index contributed by atoms with van der Waals surface area (Å²) in [5.41, 5.74) is 1.82. The van der Waals surface area contributed by atoms with Crippen LogP contribution in [0, 0.1) is 11.8 Å². The maximum atomic E-state index is 12.3. The van der Waals surface area contributed by atoms with Crippen molar-refractivity contribution in [1.82, 2.24) is 20.0 Å². The van der Waals surface area contributed by atoms with Crippen LogP contribution in [0.2, 0.25) is 0 Å². The van der Waals surface area contributed by atoms with E-state index in [1.807, 2.05) is 11.0 Å². The van der Waals surface area contributed by atoms with Crippen LogP contribution in [-0.4, -0.2) is 46.1 Å². The summed E-state index contributed by atoms with van der Waals surface area (Å²) in [7, 11) is 1.79. The van der Waals surface area contributed by atoms with Gasteiger partial charge in [0.25, 0.3) is 5.91 Å². The molecule has 130 valence electrons. The van der Waals surface area contributed by atoms with Crippen molar-refractivity contribution >= 4 is 11.8 Å². The molecule has 1 saturated heterocycles. The number of rotatable bonds is 5. The number of carbonyl (C=O) groups excluding carboxylic acids is 2. The van der Waals surface area contributed by atoms with E-state index in [1.54, 1.807) is 24.1 Å². The first-order valence-corrected chi connectivity index (χ1v) is 8.77.